The summed E-state index contributed by atoms with van der Waals surface area (Å²) in [4.78, 5) is 168. The van der Waals surface area contributed by atoms with Gasteiger partial charge in [0.2, 0.25) is 29.4 Å². The summed E-state index contributed by atoms with van der Waals surface area (Å²) in [5.41, 5.74) is 9.44. The number of nitrogens with zero attached hydrogens (tertiary/aromatic N) is 22. The van der Waals surface area contributed by atoms with Gasteiger partial charge in [0.05, 0.1) is 30.8 Å². The fourth-order valence-electron chi connectivity index (χ4n) is 19.2. The Kier molecular flexibility index (Phi) is 26.5. The molecule has 0 spiro atoms. The minimum Gasteiger partial charge on any atom is -0.417 e. The predicted octanol–water partition coefficient (Wildman–Crippen LogP) is 9.13. The SMILES string of the molecule is C#Cc1cccc(Cc2cnc(C(=O)N[C@H]3CCc4cccnc4N(C)C3=O)s2)c1.CN1C(=O)[C@@H](NC(=O)c2n[nH]c(Cc3ccccc3)n2)[C@H]2C[C@H]2c2cc(C#N)cnc21.CN1C(=O)[C@@H](NC(=O)c2nnc(Cc3ccccc3)o2)[C@H]2C[C@H]2c2cccnc21.CN1C(=O)[C@H](NC(=O)c2nnc(Cc3ccccc3)o2)[C@@H]2C[C@@H]2c2cccnc21.[2H]C([2H])([2H])N1C(=O)[C@@H](NC(=O)c2cc(C3(n4nccn4)CC3)on2)CCc2cccnc21. The van der Waals surface area contributed by atoms with Crippen LogP contribution < -0.4 is 51.1 Å². The first-order valence-corrected chi connectivity index (χ1v) is 48.6. The number of hydrogen-bond donors (Lipinski definition) is 6. The van der Waals surface area contributed by atoms with Crippen LogP contribution in [0.3, 0.4) is 0 Å². The number of aromatic amines is 1. The number of carbonyl (C=O) groups excluding carboxylic acids is 10. The van der Waals surface area contributed by atoms with Gasteiger partial charge < -0.3 is 39.9 Å². The highest BCUT2D eigenvalue weighted by Crippen LogP contribution is 2.57. The lowest BCUT2D eigenvalue weighted by Gasteiger charge is -2.22. The van der Waals surface area contributed by atoms with Crippen LogP contribution in [0.4, 0.5) is 29.1 Å². The zero-order chi connectivity index (χ0) is 105. The number of thiazole rings is 1. The largest absolute Gasteiger partial charge is 0.417 e. The van der Waals surface area contributed by atoms with E-state index < -0.39 is 72.3 Å². The van der Waals surface area contributed by atoms with Crippen LogP contribution in [0.2, 0.25) is 0 Å². The second-order valence-corrected chi connectivity index (χ2v) is 38.1. The van der Waals surface area contributed by atoms with Gasteiger partial charge >= 0.3 is 23.6 Å². The molecule has 4 saturated carbocycles. The molecular weight excluding hydrogens is 1910 g/mol. The number of pyridine rings is 5. The minimum atomic E-state index is -2.75. The van der Waals surface area contributed by atoms with E-state index in [-0.39, 0.29) is 101 Å². The third-order valence-corrected chi connectivity index (χ3v) is 28.3. The number of rotatable bonds is 20. The molecule has 11 atom stereocenters. The van der Waals surface area contributed by atoms with Crippen molar-refractivity contribution in [1.29, 1.82) is 5.26 Å². The lowest BCUT2D eigenvalue weighted by atomic mass is 10.1. The Morgan fingerprint density at radius 2 is 0.959 bits per heavy atom. The van der Waals surface area contributed by atoms with Crippen molar-refractivity contribution in [3.8, 4) is 18.4 Å². The summed E-state index contributed by atoms with van der Waals surface area (Å²) >= 11 is 1.32. The zero-order valence-electron chi connectivity index (χ0n) is 83.0. The van der Waals surface area contributed by atoms with Gasteiger partial charge in [-0.25, -0.2) is 34.9 Å². The minimum absolute atomic E-state index is 0.00485. The molecule has 6 N–H and O–H groups in total. The molecule has 41 nitrogen and oxygen atoms in total. The second kappa shape index (κ2) is 42.0. The number of anilines is 5. The molecule has 4 aromatic carbocycles. The van der Waals surface area contributed by atoms with E-state index in [1.807, 2.05) is 152 Å². The Morgan fingerprint density at radius 3 is 1.49 bits per heavy atom. The molecular formula is C106H96N28O13S. The molecule has 4 fully saturated rings. The summed E-state index contributed by atoms with van der Waals surface area (Å²) in [5, 5.41) is 58.0. The van der Waals surface area contributed by atoms with Gasteiger partial charge in [0, 0.05) is 106 Å². The summed E-state index contributed by atoms with van der Waals surface area (Å²) < 4.78 is 39.9. The fraction of sp³-hybridized carbons (Fsp3) is 0.283. The van der Waals surface area contributed by atoms with Gasteiger partial charge in [0.15, 0.2) is 16.5 Å². The van der Waals surface area contributed by atoms with Crippen LogP contribution in [0.25, 0.3) is 0 Å². The number of H-pyrrole nitrogens is 1. The molecule has 0 radical (unpaired) electrons. The molecule has 148 heavy (non-hydrogen) atoms. The van der Waals surface area contributed by atoms with Gasteiger partial charge in [0.1, 0.15) is 76.7 Å². The Hall–Kier alpha value is -18.2. The molecule has 744 valence electrons. The van der Waals surface area contributed by atoms with Crippen molar-refractivity contribution in [3.63, 3.8) is 0 Å². The number of likely N-dealkylation sites (N-methyl/N-ethyl adjacent to an activating group) is 5. The predicted molar refractivity (Wildman–Crippen MR) is 533 cm³/mol. The first-order chi connectivity index (χ1) is 73.1. The number of nitrogens with one attached hydrogen (secondary N) is 6. The van der Waals surface area contributed by atoms with Gasteiger partial charge in [-0.05, 0) is 186 Å². The Bertz CT molecular complexity index is 7630. The maximum absolute atomic E-state index is 13.1. The summed E-state index contributed by atoms with van der Waals surface area (Å²) in [6, 6.07) is 53.5. The topological polar surface area (TPSA) is 524 Å². The number of nitriles is 1. The molecule has 0 bridgehead atoms. The number of carbonyl (C=O) groups is 10. The highest BCUT2D eigenvalue weighted by molar-refractivity contribution is 7.13. The lowest BCUT2D eigenvalue weighted by Crippen LogP contribution is -2.48. The molecule has 24 rings (SSSR count). The molecule has 0 unspecified atom stereocenters. The number of amides is 10. The zero-order valence-corrected chi connectivity index (χ0v) is 80.9. The molecule has 4 aliphatic carbocycles. The first-order valence-electron chi connectivity index (χ1n) is 49.3. The molecule has 15 aromatic rings. The molecule has 0 saturated heterocycles. The van der Waals surface area contributed by atoms with Crippen LogP contribution in [0, 0.1) is 41.4 Å². The van der Waals surface area contributed by atoms with E-state index in [1.165, 1.54) is 54.2 Å². The summed E-state index contributed by atoms with van der Waals surface area (Å²) in [7, 11) is 6.69. The van der Waals surface area contributed by atoms with Crippen LogP contribution in [-0.2, 0) is 68.0 Å². The van der Waals surface area contributed by atoms with E-state index in [0.717, 1.165) is 87.1 Å². The van der Waals surface area contributed by atoms with Crippen molar-refractivity contribution in [2.45, 2.75) is 137 Å². The van der Waals surface area contributed by atoms with Crippen LogP contribution in [0.1, 0.15) is 209 Å². The summed E-state index contributed by atoms with van der Waals surface area (Å²) in [6.45, 7) is -2.75. The van der Waals surface area contributed by atoms with Gasteiger partial charge in [-0.3, -0.25) is 77.5 Å². The molecule has 16 heterocycles. The second-order valence-electron chi connectivity index (χ2n) is 37.0. The fourth-order valence-corrected chi connectivity index (χ4v) is 20.1. The van der Waals surface area contributed by atoms with Crippen molar-refractivity contribution in [2.24, 2.45) is 17.8 Å². The van der Waals surface area contributed by atoms with Crippen LogP contribution in [0.5, 0.6) is 0 Å². The summed E-state index contributed by atoms with van der Waals surface area (Å²) in [5.74, 6) is 3.16. The number of aryl methyl sites for hydroxylation is 2. The van der Waals surface area contributed by atoms with Gasteiger partial charge in [-0.15, -0.1) is 43.3 Å². The first kappa shape index (κ1) is 93.4. The third kappa shape index (κ3) is 20.9. The standard InChI is InChI=1S/C23H20N4O2S.C22H19N7O2.2C21H19N5O3.C19H19N7O3/c1-3-15-6-4-7-16(12-15)13-18-14-25-22(30-18)21(28)26-19-10-9-17-8-5-11-24-20(17)27(2)23(19)29;1-29-20-16(7-13(10-23)11-24-20)14-9-15(14)18(22(29)31)26-21(30)19-25-17(27-28-19)8-12-5-3-2-4-6-12;2*1-26-18-13(8-5-9-22-18)14-11-15(14)17(21(26)28)23-19(27)20-25-24-16(29-20)10-12-6-3-2-4-7-12;1-25-16-12(3-2-8-20-16)4-5-13(18(25)28)23-17(27)14-11-15(29-24-14)19(6-7-19)26-21-9-10-22-26/h1,4-8,11-12,14,19H,9-10,13H2,2H3,(H,26,28);2-7,11,14-15,18H,8-9H2,1H3,(H,26,30)(H,25,27,28);2*2-9,14-15,17H,10-11H2,1H3,(H,23,27);2-3,8-11,13H,4-7H2,1H3,(H,23,27)/t19-;14-,15+,18+;2*14-,15-,17-;13-/m01100/s1/i;;;;1D3. The molecule has 11 aromatic heterocycles. The smallest absolute Gasteiger partial charge is 0.309 e. The number of terminal acetylenes is 1. The van der Waals surface area contributed by atoms with Crippen molar-refractivity contribution in [1.82, 2.24) is 112 Å². The van der Waals surface area contributed by atoms with Gasteiger partial charge in [-0.2, -0.15) is 20.3 Å². The highest BCUT2D eigenvalue weighted by atomic mass is 32.1. The van der Waals surface area contributed by atoms with Crippen LogP contribution in [0.15, 0.2) is 239 Å². The average molecular weight is 2010 g/mol. The quantitative estimate of drug-likeness (QED) is 0.0387. The van der Waals surface area contributed by atoms with E-state index in [4.69, 9.17) is 23.9 Å². The van der Waals surface area contributed by atoms with Crippen LogP contribution >= 0.6 is 11.3 Å². The maximum atomic E-state index is 13.1. The van der Waals surface area contributed by atoms with Crippen molar-refractivity contribution in [3.05, 3.63) is 343 Å². The third-order valence-electron chi connectivity index (χ3n) is 27.3. The van der Waals surface area contributed by atoms with E-state index in [2.05, 4.69) is 119 Å². The van der Waals surface area contributed by atoms with E-state index in [0.29, 0.717) is 113 Å². The summed E-state index contributed by atoms with van der Waals surface area (Å²) in [6.07, 6.45) is 25.9. The van der Waals surface area contributed by atoms with E-state index in [9.17, 15) is 53.2 Å². The Balaban J connectivity index is 0.000000114. The van der Waals surface area contributed by atoms with E-state index in [1.54, 1.807) is 83.6 Å². The average Bonchev–Trinajstić information content (AvgIpc) is 1.70. The molecule has 5 aliphatic heterocycles. The normalized spacial score (nSPS) is 20.8. The van der Waals surface area contributed by atoms with Crippen molar-refractivity contribution in [2.75, 3.05) is 59.7 Å². The highest BCUT2D eigenvalue weighted by Gasteiger charge is 2.57. The van der Waals surface area contributed by atoms with Gasteiger partial charge in [-0.1, -0.05) is 138 Å². The van der Waals surface area contributed by atoms with E-state index >= 15 is 0 Å². The number of aromatic nitrogens is 17. The molecule has 9 aliphatic rings. The Morgan fingerprint density at radius 1 is 0.480 bits per heavy atom. The van der Waals surface area contributed by atoms with Crippen LogP contribution in [-0.4, -0.2) is 210 Å². The molecule has 10 amide bonds. The number of fused-ring (bicyclic) bond motifs is 11. The molecule has 42 heteroatoms. The number of benzene rings is 4. The Labute approximate surface area is 853 Å². The van der Waals surface area contributed by atoms with Gasteiger partial charge in [0.25, 0.3) is 35.4 Å². The monoisotopic (exact) mass is 2000 g/mol. The lowest BCUT2D eigenvalue weighted by molar-refractivity contribution is -0.121. The maximum Gasteiger partial charge on any atom is 0.309 e. The van der Waals surface area contributed by atoms with Crippen molar-refractivity contribution < 1.29 is 65.4 Å². The number of hydrogen-bond acceptors (Lipinski definition) is 30. The van der Waals surface area contributed by atoms with Crippen molar-refractivity contribution >= 4 is 99.5 Å².